The number of hydrogen-bond acceptors (Lipinski definition) is 1. The topological polar surface area (TPSA) is 3.24 Å². The van der Waals surface area contributed by atoms with Crippen molar-refractivity contribution in [3.63, 3.8) is 0 Å². The van der Waals surface area contributed by atoms with Crippen LogP contribution < -0.4 is 0 Å². The van der Waals surface area contributed by atoms with E-state index in [9.17, 15) is 0 Å². The largest absolute Gasteiger partial charge is 0.295 e. The van der Waals surface area contributed by atoms with Crippen LogP contribution in [0.3, 0.4) is 0 Å². The van der Waals surface area contributed by atoms with Gasteiger partial charge in [-0.3, -0.25) is 4.90 Å². The molecule has 0 bridgehead atoms. The highest BCUT2D eigenvalue weighted by molar-refractivity contribution is 5.02. The zero-order valence-electron chi connectivity index (χ0n) is 10.5. The summed E-state index contributed by atoms with van der Waals surface area (Å²) < 4.78 is 0. The Morgan fingerprint density at radius 2 is 2.00 bits per heavy atom. The second-order valence-corrected chi connectivity index (χ2v) is 4.66. The van der Waals surface area contributed by atoms with Gasteiger partial charge in [0.2, 0.25) is 0 Å². The van der Waals surface area contributed by atoms with E-state index in [4.69, 9.17) is 0 Å². The zero-order valence-corrected chi connectivity index (χ0v) is 10.5. The van der Waals surface area contributed by atoms with Crippen molar-refractivity contribution in [1.82, 2.24) is 4.90 Å². The molecule has 0 aromatic carbocycles. The van der Waals surface area contributed by atoms with Crippen molar-refractivity contribution < 1.29 is 0 Å². The second kappa shape index (κ2) is 5.16. The van der Waals surface area contributed by atoms with Gasteiger partial charge in [0.1, 0.15) is 0 Å². The molecule has 1 nitrogen and oxygen atoms in total. The van der Waals surface area contributed by atoms with E-state index < -0.39 is 0 Å². The molecule has 0 N–H and O–H groups in total. The highest BCUT2D eigenvalue weighted by Gasteiger charge is 2.46. The first-order valence-electron chi connectivity index (χ1n) is 6.55. The Balaban J connectivity index is 0.000000461. The van der Waals surface area contributed by atoms with Gasteiger partial charge >= 0.3 is 0 Å². The molecule has 2 saturated heterocycles. The lowest BCUT2D eigenvalue weighted by molar-refractivity contribution is 0.147. The van der Waals surface area contributed by atoms with E-state index in [1.165, 1.54) is 45.1 Å². The van der Waals surface area contributed by atoms with Crippen LogP contribution in [-0.2, 0) is 0 Å². The Morgan fingerprint density at radius 1 is 1.29 bits per heavy atom. The predicted molar refractivity (Wildman–Crippen MR) is 63.6 cm³/mol. The summed E-state index contributed by atoms with van der Waals surface area (Å²) in [5.74, 6) is 0. The molecular weight excluding hydrogens is 170 g/mol. The number of rotatable bonds is 2. The monoisotopic (exact) mass is 197 g/mol. The van der Waals surface area contributed by atoms with Crippen LogP contribution in [0.5, 0.6) is 0 Å². The van der Waals surface area contributed by atoms with Crippen LogP contribution in [0.25, 0.3) is 0 Å². The molecule has 14 heavy (non-hydrogen) atoms. The average Bonchev–Trinajstić information content (AvgIpc) is 2.73. The molecule has 2 rings (SSSR count). The summed E-state index contributed by atoms with van der Waals surface area (Å²) in [6.45, 7) is 10.1. The minimum Gasteiger partial charge on any atom is -0.295 e. The van der Waals surface area contributed by atoms with Gasteiger partial charge in [-0.25, -0.2) is 0 Å². The van der Waals surface area contributed by atoms with Gasteiger partial charge in [-0.1, -0.05) is 27.2 Å². The minimum atomic E-state index is 0.661. The molecule has 2 atom stereocenters. The SMILES string of the molecule is CC.CCCC12CCCN1C(C)CC2. The normalized spacial score (nSPS) is 36.4. The van der Waals surface area contributed by atoms with Crippen LogP contribution in [-0.4, -0.2) is 23.0 Å². The Kier molecular flexibility index (Phi) is 4.43. The standard InChI is InChI=1S/C11H21N.C2H6/c1-3-6-11-7-4-9-12(11)10(2)5-8-11;1-2/h10H,3-9H2,1-2H3;1-2H3. The fourth-order valence-corrected chi connectivity index (χ4v) is 3.41. The lowest BCUT2D eigenvalue weighted by Crippen LogP contribution is -2.40. The Morgan fingerprint density at radius 3 is 2.64 bits per heavy atom. The smallest absolute Gasteiger partial charge is 0.0213 e. The van der Waals surface area contributed by atoms with E-state index in [1.807, 2.05) is 13.8 Å². The van der Waals surface area contributed by atoms with Crippen molar-refractivity contribution in [3.8, 4) is 0 Å². The lowest BCUT2D eigenvalue weighted by atomic mass is 9.89. The van der Waals surface area contributed by atoms with Crippen LogP contribution in [0.15, 0.2) is 0 Å². The number of hydrogen-bond donors (Lipinski definition) is 0. The molecule has 2 unspecified atom stereocenters. The summed E-state index contributed by atoms with van der Waals surface area (Å²) in [5, 5.41) is 0. The summed E-state index contributed by atoms with van der Waals surface area (Å²) in [7, 11) is 0. The van der Waals surface area contributed by atoms with E-state index in [1.54, 1.807) is 0 Å². The fourth-order valence-electron chi connectivity index (χ4n) is 3.41. The zero-order chi connectivity index (χ0) is 10.6. The van der Waals surface area contributed by atoms with Crippen molar-refractivity contribution in [2.75, 3.05) is 6.54 Å². The van der Waals surface area contributed by atoms with E-state index in [0.717, 1.165) is 6.04 Å². The Labute approximate surface area is 89.9 Å². The van der Waals surface area contributed by atoms with Gasteiger partial charge < -0.3 is 0 Å². The second-order valence-electron chi connectivity index (χ2n) is 4.66. The summed E-state index contributed by atoms with van der Waals surface area (Å²) in [6.07, 6.45) is 8.65. The van der Waals surface area contributed by atoms with Crippen molar-refractivity contribution in [2.45, 2.75) is 77.8 Å². The maximum Gasteiger partial charge on any atom is 0.0213 e. The first-order valence-corrected chi connectivity index (χ1v) is 6.55. The van der Waals surface area contributed by atoms with Crippen LogP contribution in [0, 0.1) is 0 Å². The summed E-state index contributed by atoms with van der Waals surface area (Å²) in [4.78, 5) is 2.79. The van der Waals surface area contributed by atoms with E-state index in [-0.39, 0.29) is 0 Å². The van der Waals surface area contributed by atoms with Crippen molar-refractivity contribution in [3.05, 3.63) is 0 Å². The molecule has 0 radical (unpaired) electrons. The van der Waals surface area contributed by atoms with E-state index >= 15 is 0 Å². The molecule has 2 aliphatic rings. The van der Waals surface area contributed by atoms with Gasteiger partial charge in [0, 0.05) is 11.6 Å². The average molecular weight is 197 g/mol. The first-order chi connectivity index (χ1) is 6.78. The number of fused-ring (bicyclic) bond motifs is 1. The molecule has 2 heterocycles. The third-order valence-corrected chi connectivity index (χ3v) is 3.93. The summed E-state index contributed by atoms with van der Waals surface area (Å²) >= 11 is 0. The quantitative estimate of drug-likeness (QED) is 0.650. The minimum absolute atomic E-state index is 0.661. The van der Waals surface area contributed by atoms with Crippen LogP contribution in [0.1, 0.15) is 66.2 Å². The third-order valence-electron chi connectivity index (χ3n) is 3.93. The third kappa shape index (κ3) is 1.98. The Bertz CT molecular complexity index is 163. The molecule has 0 amide bonds. The first kappa shape index (κ1) is 12.0. The van der Waals surface area contributed by atoms with Gasteiger partial charge in [0.25, 0.3) is 0 Å². The van der Waals surface area contributed by atoms with Crippen LogP contribution in [0.4, 0.5) is 0 Å². The number of nitrogens with zero attached hydrogens (tertiary/aromatic N) is 1. The van der Waals surface area contributed by atoms with E-state index in [0.29, 0.717) is 5.54 Å². The molecule has 0 saturated carbocycles. The van der Waals surface area contributed by atoms with Crippen molar-refractivity contribution >= 4 is 0 Å². The van der Waals surface area contributed by atoms with Gasteiger partial charge in [-0.05, 0) is 45.6 Å². The predicted octanol–water partition coefficient (Wildman–Crippen LogP) is 3.83. The Hall–Kier alpha value is -0.0400. The summed E-state index contributed by atoms with van der Waals surface area (Å²) in [6, 6.07) is 0.874. The van der Waals surface area contributed by atoms with E-state index in [2.05, 4.69) is 18.7 Å². The molecule has 0 aromatic rings. The molecule has 2 fully saturated rings. The van der Waals surface area contributed by atoms with Gasteiger partial charge in [0.05, 0.1) is 0 Å². The molecule has 1 heteroatoms. The van der Waals surface area contributed by atoms with Crippen molar-refractivity contribution in [2.24, 2.45) is 0 Å². The summed E-state index contributed by atoms with van der Waals surface area (Å²) in [5.41, 5.74) is 0.661. The van der Waals surface area contributed by atoms with Crippen LogP contribution >= 0.6 is 0 Å². The molecule has 0 spiro atoms. The molecule has 0 aliphatic carbocycles. The highest BCUT2D eigenvalue weighted by Crippen LogP contribution is 2.44. The lowest BCUT2D eigenvalue weighted by Gasteiger charge is -2.34. The fraction of sp³-hybridized carbons (Fsp3) is 1.00. The van der Waals surface area contributed by atoms with Gasteiger partial charge in [-0.15, -0.1) is 0 Å². The molecule has 0 aromatic heterocycles. The molecule has 2 aliphatic heterocycles. The van der Waals surface area contributed by atoms with Gasteiger partial charge in [0.15, 0.2) is 0 Å². The maximum atomic E-state index is 2.79. The maximum absolute atomic E-state index is 2.79. The molecular formula is C13H27N. The highest BCUT2D eigenvalue weighted by atomic mass is 15.3. The van der Waals surface area contributed by atoms with Crippen molar-refractivity contribution in [1.29, 1.82) is 0 Å². The molecule has 84 valence electrons. The van der Waals surface area contributed by atoms with Gasteiger partial charge in [-0.2, -0.15) is 0 Å². The van der Waals surface area contributed by atoms with Crippen LogP contribution in [0.2, 0.25) is 0 Å².